The van der Waals surface area contributed by atoms with Crippen molar-refractivity contribution in [3.8, 4) is 0 Å². The van der Waals surface area contributed by atoms with Crippen LogP contribution in [0, 0.1) is 0 Å². The Bertz CT molecular complexity index is 748. The van der Waals surface area contributed by atoms with E-state index in [0.717, 1.165) is 17.8 Å². The Kier molecular flexibility index (Phi) is 7.10. The summed E-state index contributed by atoms with van der Waals surface area (Å²) < 4.78 is 0. The maximum atomic E-state index is 12.0. The van der Waals surface area contributed by atoms with Gasteiger partial charge < -0.3 is 16.0 Å². The second-order valence-electron chi connectivity index (χ2n) is 5.40. The molecule has 7 heteroatoms. The number of nitrogens with one attached hydrogen (secondary N) is 3. The number of hydrogen-bond acceptors (Lipinski definition) is 3. The molecule has 5 nitrogen and oxygen atoms in total. The molecule has 2 amide bonds. The predicted octanol–water partition coefficient (Wildman–Crippen LogP) is 4.78. The number of benzene rings is 2. The van der Waals surface area contributed by atoms with Crippen molar-refractivity contribution in [2.45, 2.75) is 19.8 Å². The highest BCUT2D eigenvalue weighted by Crippen LogP contribution is 2.25. The van der Waals surface area contributed by atoms with Crippen molar-refractivity contribution in [3.05, 3.63) is 52.5 Å². The summed E-state index contributed by atoms with van der Waals surface area (Å²) in [5.41, 5.74) is 2.00. The largest absolute Gasteiger partial charge is 0.376 e. The van der Waals surface area contributed by atoms with Crippen LogP contribution in [0.4, 0.5) is 17.1 Å². The average molecular weight is 380 g/mol. The molecular weight excluding hydrogens is 361 g/mol. The fourth-order valence-electron chi connectivity index (χ4n) is 2.09. The lowest BCUT2D eigenvalue weighted by Crippen LogP contribution is -2.21. The highest BCUT2D eigenvalue weighted by molar-refractivity contribution is 6.36. The second kappa shape index (κ2) is 9.30. The molecule has 0 unspecified atom stereocenters. The molecule has 2 rings (SSSR count). The van der Waals surface area contributed by atoms with Gasteiger partial charge in [0.05, 0.1) is 17.3 Å². The summed E-state index contributed by atoms with van der Waals surface area (Å²) in [5.74, 6) is -0.244. The Morgan fingerprint density at radius 3 is 2.24 bits per heavy atom. The number of carbonyl (C=O) groups is 2. The molecule has 2 aromatic rings. The first-order valence-electron chi connectivity index (χ1n) is 7.86. The molecule has 0 aromatic heterocycles. The zero-order chi connectivity index (χ0) is 18.2. The van der Waals surface area contributed by atoms with Gasteiger partial charge in [-0.2, -0.15) is 0 Å². The fraction of sp³-hybridized carbons (Fsp3) is 0.222. The lowest BCUT2D eigenvalue weighted by Gasteiger charge is -2.10. The fourth-order valence-corrected chi connectivity index (χ4v) is 2.55. The minimum Gasteiger partial charge on any atom is -0.376 e. The molecule has 25 heavy (non-hydrogen) atoms. The van der Waals surface area contributed by atoms with E-state index in [-0.39, 0.29) is 18.4 Å². The van der Waals surface area contributed by atoms with E-state index in [1.807, 2.05) is 6.92 Å². The third-order valence-corrected chi connectivity index (χ3v) is 3.85. The number of halogens is 2. The molecule has 132 valence electrons. The van der Waals surface area contributed by atoms with Crippen LogP contribution in [0.25, 0.3) is 0 Å². The summed E-state index contributed by atoms with van der Waals surface area (Å²) in [5, 5.41) is 9.41. The van der Waals surface area contributed by atoms with Gasteiger partial charge in [-0.15, -0.1) is 0 Å². The molecular formula is C18H19Cl2N3O2. The van der Waals surface area contributed by atoms with Crippen LogP contribution in [0.5, 0.6) is 0 Å². The van der Waals surface area contributed by atoms with Gasteiger partial charge in [0.1, 0.15) is 0 Å². The molecule has 2 aromatic carbocycles. The van der Waals surface area contributed by atoms with Crippen LogP contribution in [-0.2, 0) is 9.59 Å². The standard InChI is InChI=1S/C18H19Cl2N3O2/c1-2-3-17(24)22-14-7-5-13(6-8-14)21-11-18(25)23-16-9-4-12(19)10-15(16)20/h4-10,21H,2-3,11H2,1H3,(H,22,24)(H,23,25). The van der Waals surface area contributed by atoms with Gasteiger partial charge >= 0.3 is 0 Å². The Labute approximate surface area is 156 Å². The third kappa shape index (κ3) is 6.29. The number of hydrogen-bond donors (Lipinski definition) is 3. The van der Waals surface area contributed by atoms with Crippen LogP contribution in [0.2, 0.25) is 10.0 Å². The molecule has 0 heterocycles. The second-order valence-corrected chi connectivity index (χ2v) is 6.25. The summed E-state index contributed by atoms with van der Waals surface area (Å²) in [7, 11) is 0. The summed E-state index contributed by atoms with van der Waals surface area (Å²) in [6, 6.07) is 12.0. The van der Waals surface area contributed by atoms with Crippen molar-refractivity contribution in [2.75, 3.05) is 22.5 Å². The lowest BCUT2D eigenvalue weighted by atomic mass is 10.2. The first-order chi connectivity index (χ1) is 12.0. The van der Waals surface area contributed by atoms with E-state index in [0.29, 0.717) is 22.2 Å². The summed E-state index contributed by atoms with van der Waals surface area (Å²) >= 11 is 11.8. The monoisotopic (exact) mass is 379 g/mol. The normalized spacial score (nSPS) is 10.2. The Morgan fingerprint density at radius 2 is 1.60 bits per heavy atom. The van der Waals surface area contributed by atoms with Crippen LogP contribution in [0.15, 0.2) is 42.5 Å². The third-order valence-electron chi connectivity index (χ3n) is 3.30. The van der Waals surface area contributed by atoms with E-state index >= 15 is 0 Å². The van der Waals surface area contributed by atoms with Crippen LogP contribution >= 0.6 is 23.2 Å². The Balaban J connectivity index is 1.84. The van der Waals surface area contributed by atoms with Crippen LogP contribution < -0.4 is 16.0 Å². The van der Waals surface area contributed by atoms with E-state index in [9.17, 15) is 9.59 Å². The SMILES string of the molecule is CCCC(=O)Nc1ccc(NCC(=O)Nc2ccc(Cl)cc2Cl)cc1. The molecule has 0 fully saturated rings. The zero-order valence-corrected chi connectivity index (χ0v) is 15.2. The average Bonchev–Trinajstić information content (AvgIpc) is 2.57. The molecule has 3 N–H and O–H groups in total. The Morgan fingerprint density at radius 1 is 0.920 bits per heavy atom. The summed E-state index contributed by atoms with van der Waals surface area (Å²) in [6.45, 7) is 2.04. The van der Waals surface area contributed by atoms with Crippen molar-refractivity contribution in [1.29, 1.82) is 0 Å². The van der Waals surface area contributed by atoms with E-state index in [1.165, 1.54) is 0 Å². The van der Waals surface area contributed by atoms with E-state index < -0.39 is 0 Å². The maximum Gasteiger partial charge on any atom is 0.243 e. The first kappa shape index (κ1) is 19.1. The van der Waals surface area contributed by atoms with Gasteiger partial charge in [-0.05, 0) is 48.9 Å². The van der Waals surface area contributed by atoms with Crippen LogP contribution in [0.1, 0.15) is 19.8 Å². The highest BCUT2D eigenvalue weighted by atomic mass is 35.5. The quantitative estimate of drug-likeness (QED) is 0.647. The highest BCUT2D eigenvalue weighted by Gasteiger charge is 2.07. The lowest BCUT2D eigenvalue weighted by molar-refractivity contribution is -0.116. The predicted molar refractivity (Wildman–Crippen MR) is 104 cm³/mol. The van der Waals surface area contributed by atoms with Gasteiger partial charge in [-0.3, -0.25) is 9.59 Å². The van der Waals surface area contributed by atoms with Crippen molar-refractivity contribution >= 4 is 52.1 Å². The summed E-state index contributed by atoms with van der Waals surface area (Å²) in [6.07, 6.45) is 1.30. The van der Waals surface area contributed by atoms with Crippen molar-refractivity contribution in [3.63, 3.8) is 0 Å². The minimum atomic E-state index is -0.232. The number of rotatable bonds is 7. The van der Waals surface area contributed by atoms with Gasteiger partial charge in [-0.1, -0.05) is 30.1 Å². The molecule has 0 bridgehead atoms. The zero-order valence-electron chi connectivity index (χ0n) is 13.7. The number of amides is 2. The van der Waals surface area contributed by atoms with Gasteiger partial charge in [0, 0.05) is 22.8 Å². The smallest absolute Gasteiger partial charge is 0.243 e. The number of carbonyl (C=O) groups excluding carboxylic acids is 2. The van der Waals surface area contributed by atoms with Crippen molar-refractivity contribution < 1.29 is 9.59 Å². The summed E-state index contributed by atoms with van der Waals surface area (Å²) in [4.78, 5) is 23.5. The van der Waals surface area contributed by atoms with Crippen molar-refractivity contribution in [1.82, 2.24) is 0 Å². The molecule has 0 atom stereocenters. The molecule has 0 aliphatic carbocycles. The van der Waals surface area contributed by atoms with E-state index in [2.05, 4.69) is 16.0 Å². The van der Waals surface area contributed by atoms with E-state index in [4.69, 9.17) is 23.2 Å². The minimum absolute atomic E-state index is 0.0116. The molecule has 0 saturated heterocycles. The number of anilines is 3. The topological polar surface area (TPSA) is 70.2 Å². The molecule has 0 aliphatic rings. The molecule has 0 radical (unpaired) electrons. The van der Waals surface area contributed by atoms with Gasteiger partial charge in [-0.25, -0.2) is 0 Å². The van der Waals surface area contributed by atoms with Crippen LogP contribution in [0.3, 0.4) is 0 Å². The Hall–Kier alpha value is -2.24. The first-order valence-corrected chi connectivity index (χ1v) is 8.62. The van der Waals surface area contributed by atoms with Gasteiger partial charge in [0.25, 0.3) is 0 Å². The van der Waals surface area contributed by atoms with E-state index in [1.54, 1.807) is 42.5 Å². The van der Waals surface area contributed by atoms with Crippen LogP contribution in [-0.4, -0.2) is 18.4 Å². The maximum absolute atomic E-state index is 12.0. The van der Waals surface area contributed by atoms with Gasteiger partial charge in [0.15, 0.2) is 0 Å². The molecule has 0 aliphatic heterocycles. The van der Waals surface area contributed by atoms with Gasteiger partial charge in [0.2, 0.25) is 11.8 Å². The molecule has 0 spiro atoms. The van der Waals surface area contributed by atoms with Crippen molar-refractivity contribution in [2.24, 2.45) is 0 Å². The molecule has 0 saturated carbocycles.